The van der Waals surface area contributed by atoms with Gasteiger partial charge in [-0.25, -0.2) is 4.68 Å². The average molecular weight is 263 g/mol. The van der Waals surface area contributed by atoms with Crippen LogP contribution in [-0.2, 0) is 6.54 Å². The van der Waals surface area contributed by atoms with Crippen molar-refractivity contribution in [3.05, 3.63) is 67.9 Å². The molecule has 0 amide bonds. The van der Waals surface area contributed by atoms with Crippen molar-refractivity contribution in [1.29, 1.82) is 0 Å². The van der Waals surface area contributed by atoms with Crippen molar-refractivity contribution in [2.45, 2.75) is 13.5 Å². The largest absolute Gasteiger partial charge is 0.305 e. The maximum absolute atomic E-state index is 13.9. The molecule has 1 heterocycles. The van der Waals surface area contributed by atoms with Crippen LogP contribution in [0.15, 0.2) is 35.1 Å². The number of halogens is 1. The number of hydrogen-bond acceptors (Lipinski definition) is 4. The minimum absolute atomic E-state index is 0.0504. The van der Waals surface area contributed by atoms with E-state index in [2.05, 4.69) is 5.10 Å². The molecular formula is C12H10FN3O3. The highest BCUT2D eigenvalue weighted by atomic mass is 19.1. The SMILES string of the molecule is Cc1ccc(=O)n(Cc2cccc([N+](=O)[O-])c2F)n1. The summed E-state index contributed by atoms with van der Waals surface area (Å²) in [5.41, 5.74) is -0.352. The Morgan fingerprint density at radius 2 is 2.11 bits per heavy atom. The molecule has 7 heteroatoms. The van der Waals surface area contributed by atoms with Crippen molar-refractivity contribution >= 4 is 5.69 Å². The first-order valence-corrected chi connectivity index (χ1v) is 5.45. The summed E-state index contributed by atoms with van der Waals surface area (Å²) in [5.74, 6) is -0.942. The van der Waals surface area contributed by atoms with Crippen LogP contribution in [0.2, 0.25) is 0 Å². The van der Waals surface area contributed by atoms with Gasteiger partial charge >= 0.3 is 5.69 Å². The van der Waals surface area contributed by atoms with E-state index >= 15 is 0 Å². The van der Waals surface area contributed by atoms with Gasteiger partial charge in [-0.1, -0.05) is 12.1 Å². The summed E-state index contributed by atoms with van der Waals surface area (Å²) in [6.45, 7) is 1.55. The lowest BCUT2D eigenvalue weighted by Gasteiger charge is -2.06. The van der Waals surface area contributed by atoms with Crippen molar-refractivity contribution in [2.75, 3.05) is 0 Å². The van der Waals surface area contributed by atoms with Gasteiger partial charge in [0.1, 0.15) is 0 Å². The van der Waals surface area contributed by atoms with Crippen LogP contribution >= 0.6 is 0 Å². The Kier molecular flexibility index (Phi) is 3.37. The van der Waals surface area contributed by atoms with Crippen molar-refractivity contribution in [1.82, 2.24) is 9.78 Å². The van der Waals surface area contributed by atoms with Gasteiger partial charge in [0.2, 0.25) is 5.82 Å². The summed E-state index contributed by atoms with van der Waals surface area (Å²) in [6.07, 6.45) is 0. The molecule has 0 atom stereocenters. The molecule has 2 aromatic rings. The number of aromatic nitrogens is 2. The fourth-order valence-corrected chi connectivity index (χ4v) is 1.65. The third-order valence-corrected chi connectivity index (χ3v) is 2.58. The molecule has 6 nitrogen and oxygen atoms in total. The van der Waals surface area contributed by atoms with E-state index < -0.39 is 22.0 Å². The lowest BCUT2D eigenvalue weighted by molar-refractivity contribution is -0.387. The number of nitro groups is 1. The summed E-state index contributed by atoms with van der Waals surface area (Å²) in [4.78, 5) is 21.4. The van der Waals surface area contributed by atoms with Crippen molar-refractivity contribution in [2.24, 2.45) is 0 Å². The molecule has 0 fully saturated rings. The summed E-state index contributed by atoms with van der Waals surface area (Å²) in [5, 5.41) is 14.6. The van der Waals surface area contributed by atoms with E-state index in [4.69, 9.17) is 0 Å². The summed E-state index contributed by atoms with van der Waals surface area (Å²) in [6, 6.07) is 6.70. The van der Waals surface area contributed by atoms with Crippen molar-refractivity contribution in [3.8, 4) is 0 Å². The van der Waals surface area contributed by atoms with E-state index in [-0.39, 0.29) is 12.1 Å². The molecule has 0 saturated heterocycles. The molecular weight excluding hydrogens is 253 g/mol. The first kappa shape index (κ1) is 12.9. The smallest absolute Gasteiger partial charge is 0.268 e. The molecule has 2 rings (SSSR count). The summed E-state index contributed by atoms with van der Waals surface area (Å²) < 4.78 is 14.9. The van der Waals surface area contributed by atoms with Gasteiger partial charge in [0.15, 0.2) is 0 Å². The van der Waals surface area contributed by atoms with E-state index in [1.807, 2.05) is 0 Å². The van der Waals surface area contributed by atoms with Gasteiger partial charge in [-0.15, -0.1) is 0 Å². The predicted octanol–water partition coefficient (Wildman–Crippen LogP) is 1.65. The van der Waals surface area contributed by atoms with Gasteiger partial charge in [-0.3, -0.25) is 14.9 Å². The van der Waals surface area contributed by atoms with Gasteiger partial charge in [0, 0.05) is 17.7 Å². The quantitative estimate of drug-likeness (QED) is 0.623. The van der Waals surface area contributed by atoms with Crippen LogP contribution in [0, 0.1) is 22.9 Å². The normalized spacial score (nSPS) is 10.4. The highest BCUT2D eigenvalue weighted by Crippen LogP contribution is 2.20. The minimum Gasteiger partial charge on any atom is -0.268 e. The fraction of sp³-hybridized carbons (Fsp3) is 0.167. The highest BCUT2D eigenvalue weighted by molar-refractivity contribution is 5.36. The molecule has 98 valence electrons. The van der Waals surface area contributed by atoms with E-state index in [0.29, 0.717) is 5.69 Å². The number of nitro benzene ring substituents is 1. The van der Waals surface area contributed by atoms with Crippen LogP contribution in [0.5, 0.6) is 0 Å². The molecule has 0 aliphatic rings. The predicted molar refractivity (Wildman–Crippen MR) is 65.4 cm³/mol. The number of benzene rings is 1. The molecule has 0 aliphatic heterocycles. The third kappa shape index (κ3) is 2.65. The zero-order valence-electron chi connectivity index (χ0n) is 10.0. The van der Waals surface area contributed by atoms with Crippen LogP contribution in [-0.4, -0.2) is 14.7 Å². The van der Waals surface area contributed by atoms with Gasteiger partial charge in [0.25, 0.3) is 5.56 Å². The maximum Gasteiger partial charge on any atom is 0.305 e. The van der Waals surface area contributed by atoms with Crippen molar-refractivity contribution in [3.63, 3.8) is 0 Å². The monoisotopic (exact) mass is 263 g/mol. The Morgan fingerprint density at radius 1 is 1.37 bits per heavy atom. The van der Waals surface area contributed by atoms with Crippen LogP contribution in [0.3, 0.4) is 0 Å². The second-order valence-electron chi connectivity index (χ2n) is 3.98. The maximum atomic E-state index is 13.9. The molecule has 0 aliphatic carbocycles. The zero-order valence-corrected chi connectivity index (χ0v) is 10.0. The van der Waals surface area contributed by atoms with Gasteiger partial charge in [-0.2, -0.15) is 9.49 Å². The first-order chi connectivity index (χ1) is 8.99. The lowest BCUT2D eigenvalue weighted by atomic mass is 10.2. The van der Waals surface area contributed by atoms with Crippen LogP contribution in [0.1, 0.15) is 11.3 Å². The van der Waals surface area contributed by atoms with Gasteiger partial charge in [0.05, 0.1) is 17.2 Å². The Labute approximate surface area is 107 Å². The minimum atomic E-state index is -0.942. The van der Waals surface area contributed by atoms with Crippen LogP contribution in [0.4, 0.5) is 10.1 Å². The molecule has 1 aromatic heterocycles. The zero-order chi connectivity index (χ0) is 14.0. The number of aryl methyl sites for hydroxylation is 1. The van der Waals surface area contributed by atoms with Crippen molar-refractivity contribution < 1.29 is 9.31 Å². The Hall–Kier alpha value is -2.57. The van der Waals surface area contributed by atoms with E-state index in [9.17, 15) is 19.3 Å². The third-order valence-electron chi connectivity index (χ3n) is 2.58. The van der Waals surface area contributed by atoms with Crippen LogP contribution < -0.4 is 5.56 Å². The fourth-order valence-electron chi connectivity index (χ4n) is 1.65. The first-order valence-electron chi connectivity index (χ1n) is 5.45. The Bertz CT molecular complexity index is 697. The van der Waals surface area contributed by atoms with Gasteiger partial charge < -0.3 is 0 Å². The van der Waals surface area contributed by atoms with Crippen LogP contribution in [0.25, 0.3) is 0 Å². The Morgan fingerprint density at radius 3 is 2.79 bits per heavy atom. The number of hydrogen-bond donors (Lipinski definition) is 0. The highest BCUT2D eigenvalue weighted by Gasteiger charge is 2.17. The van der Waals surface area contributed by atoms with E-state index in [1.165, 1.54) is 18.2 Å². The lowest BCUT2D eigenvalue weighted by Crippen LogP contribution is -2.23. The second-order valence-corrected chi connectivity index (χ2v) is 3.98. The Balaban J connectivity index is 2.44. The molecule has 0 bridgehead atoms. The molecule has 0 saturated carbocycles. The van der Waals surface area contributed by atoms with E-state index in [0.717, 1.165) is 10.7 Å². The summed E-state index contributed by atoms with van der Waals surface area (Å²) in [7, 11) is 0. The summed E-state index contributed by atoms with van der Waals surface area (Å²) >= 11 is 0. The van der Waals surface area contributed by atoms with Gasteiger partial charge in [-0.05, 0) is 13.0 Å². The standard InChI is InChI=1S/C12H10FN3O3/c1-8-5-6-11(17)15(14-8)7-9-3-2-4-10(12(9)13)16(18)19/h2-6H,7H2,1H3. The molecule has 0 unspecified atom stereocenters. The molecule has 19 heavy (non-hydrogen) atoms. The molecule has 0 spiro atoms. The number of rotatable bonds is 3. The molecule has 0 N–H and O–H groups in total. The second kappa shape index (κ2) is 4.97. The average Bonchev–Trinajstić information content (AvgIpc) is 2.36. The van der Waals surface area contributed by atoms with E-state index in [1.54, 1.807) is 13.0 Å². The molecule has 0 radical (unpaired) electrons. The number of nitrogens with zero attached hydrogens (tertiary/aromatic N) is 3. The topological polar surface area (TPSA) is 78.0 Å². The molecule has 1 aromatic carbocycles.